The zero-order valence-corrected chi connectivity index (χ0v) is 12.8. The molecule has 0 fully saturated rings. The molecule has 0 amide bonds. The standard InChI is InChI=1S/C13H16O.C5H5.Fe/c1-10-5-4-8-12(9-10)13(14)11-6-2-3-7-11;1-2-4-5-3-1;/h2-3,6-7,9,12,14H,4-5,8H2,1H3;1-5H;/q;-1;+2/p-1. The SMILES string of the molecule is CC1=CC(C([O-])=C2C=CC=C2)CCC1.[Fe+2].c1cc[cH-]c1. The fourth-order valence-corrected chi connectivity index (χ4v) is 2.39. The Morgan fingerprint density at radius 2 is 1.85 bits per heavy atom. The number of rotatable bonds is 1. The maximum absolute atomic E-state index is 12.0. The van der Waals surface area contributed by atoms with Crippen LogP contribution in [0.2, 0.25) is 0 Å². The summed E-state index contributed by atoms with van der Waals surface area (Å²) >= 11 is 0. The van der Waals surface area contributed by atoms with Gasteiger partial charge in [0.25, 0.3) is 0 Å². The maximum atomic E-state index is 12.0. The fourth-order valence-electron chi connectivity index (χ4n) is 2.39. The summed E-state index contributed by atoms with van der Waals surface area (Å²) in [6.45, 7) is 2.12. The molecule has 0 saturated carbocycles. The van der Waals surface area contributed by atoms with Gasteiger partial charge in [-0.3, -0.25) is 0 Å². The summed E-state index contributed by atoms with van der Waals surface area (Å²) in [4.78, 5) is 0. The second-order valence-corrected chi connectivity index (χ2v) is 5.01. The number of hydrogen-bond acceptors (Lipinski definition) is 1. The molecule has 0 saturated heterocycles. The van der Waals surface area contributed by atoms with Gasteiger partial charge in [0.05, 0.1) is 0 Å². The van der Waals surface area contributed by atoms with Gasteiger partial charge in [0.2, 0.25) is 0 Å². The Balaban J connectivity index is 0.000000283. The summed E-state index contributed by atoms with van der Waals surface area (Å²) in [5.41, 5.74) is 2.22. The second kappa shape index (κ2) is 8.73. The van der Waals surface area contributed by atoms with E-state index >= 15 is 0 Å². The first-order valence-corrected chi connectivity index (χ1v) is 6.87. The zero-order chi connectivity index (χ0) is 13.5. The van der Waals surface area contributed by atoms with Crippen LogP contribution in [0.4, 0.5) is 0 Å². The molecule has 3 rings (SSSR count). The summed E-state index contributed by atoms with van der Waals surface area (Å²) in [6.07, 6.45) is 13.1. The molecule has 0 heterocycles. The van der Waals surface area contributed by atoms with Crippen molar-refractivity contribution in [2.75, 3.05) is 0 Å². The van der Waals surface area contributed by atoms with Crippen molar-refractivity contribution in [1.29, 1.82) is 0 Å². The molecule has 1 atom stereocenters. The van der Waals surface area contributed by atoms with Gasteiger partial charge in [0.15, 0.2) is 0 Å². The molecule has 1 aromatic rings. The molecule has 2 aliphatic rings. The molecule has 106 valence electrons. The monoisotopic (exact) mass is 308 g/mol. The van der Waals surface area contributed by atoms with Crippen molar-refractivity contribution in [3.8, 4) is 0 Å². The first kappa shape index (κ1) is 16.7. The van der Waals surface area contributed by atoms with Crippen LogP contribution in [0.15, 0.2) is 77.6 Å². The van der Waals surface area contributed by atoms with Gasteiger partial charge in [0.1, 0.15) is 0 Å². The molecule has 0 radical (unpaired) electrons. The summed E-state index contributed by atoms with van der Waals surface area (Å²) in [6, 6.07) is 10.0. The molecule has 0 aliphatic heterocycles. The molecule has 0 bridgehead atoms. The second-order valence-electron chi connectivity index (χ2n) is 5.01. The van der Waals surface area contributed by atoms with E-state index in [1.807, 2.05) is 54.6 Å². The van der Waals surface area contributed by atoms with Crippen LogP contribution in [0.3, 0.4) is 0 Å². The quantitative estimate of drug-likeness (QED) is 0.334. The van der Waals surface area contributed by atoms with Gasteiger partial charge in [-0.2, -0.15) is 18.2 Å². The molecule has 1 unspecified atom stereocenters. The summed E-state index contributed by atoms with van der Waals surface area (Å²) in [7, 11) is 0. The van der Waals surface area contributed by atoms with Gasteiger partial charge >= 0.3 is 17.1 Å². The van der Waals surface area contributed by atoms with Gasteiger partial charge in [-0.25, -0.2) is 12.1 Å². The van der Waals surface area contributed by atoms with Gasteiger partial charge in [-0.15, -0.1) is 5.76 Å². The van der Waals surface area contributed by atoms with Crippen molar-refractivity contribution in [2.24, 2.45) is 5.92 Å². The van der Waals surface area contributed by atoms with Crippen molar-refractivity contribution in [2.45, 2.75) is 26.2 Å². The predicted octanol–water partition coefficient (Wildman–Crippen LogP) is 3.88. The molecule has 0 spiro atoms. The molecule has 1 aromatic carbocycles. The Hall–Kier alpha value is -1.37. The van der Waals surface area contributed by atoms with Crippen molar-refractivity contribution in [1.82, 2.24) is 0 Å². The Morgan fingerprint density at radius 1 is 1.20 bits per heavy atom. The molecule has 0 N–H and O–H groups in total. The molecule has 20 heavy (non-hydrogen) atoms. The number of allylic oxidation sites excluding steroid dienone is 7. The van der Waals surface area contributed by atoms with Gasteiger partial charge in [-0.1, -0.05) is 36.0 Å². The third kappa shape index (κ3) is 4.96. The Morgan fingerprint density at radius 3 is 2.35 bits per heavy atom. The van der Waals surface area contributed by atoms with Gasteiger partial charge < -0.3 is 5.11 Å². The van der Waals surface area contributed by atoms with E-state index in [0.717, 1.165) is 24.8 Å². The van der Waals surface area contributed by atoms with Crippen LogP contribution in [0.1, 0.15) is 26.2 Å². The van der Waals surface area contributed by atoms with Gasteiger partial charge in [-0.05, 0) is 37.7 Å². The minimum Gasteiger partial charge on any atom is -0.875 e. The third-order valence-electron chi connectivity index (χ3n) is 3.41. The first-order valence-electron chi connectivity index (χ1n) is 6.87. The zero-order valence-electron chi connectivity index (χ0n) is 11.7. The first-order chi connectivity index (χ1) is 9.27. The van der Waals surface area contributed by atoms with Crippen LogP contribution in [0.5, 0.6) is 0 Å². The summed E-state index contributed by atoms with van der Waals surface area (Å²) in [5, 5.41) is 12.0. The van der Waals surface area contributed by atoms with Crippen LogP contribution in [0, 0.1) is 5.92 Å². The Kier molecular flexibility index (Phi) is 7.28. The van der Waals surface area contributed by atoms with Crippen LogP contribution in [-0.4, -0.2) is 0 Å². The van der Waals surface area contributed by atoms with E-state index in [2.05, 4.69) is 13.0 Å². The molecule has 2 aliphatic carbocycles. The van der Waals surface area contributed by atoms with E-state index in [9.17, 15) is 5.11 Å². The van der Waals surface area contributed by atoms with Crippen molar-refractivity contribution >= 4 is 0 Å². The predicted molar refractivity (Wildman–Crippen MR) is 78.4 cm³/mol. The largest absolute Gasteiger partial charge is 2.00 e. The summed E-state index contributed by atoms with van der Waals surface area (Å²) in [5.74, 6) is 0.417. The van der Waals surface area contributed by atoms with Crippen molar-refractivity contribution in [3.05, 3.63) is 77.6 Å². The van der Waals surface area contributed by atoms with Crippen LogP contribution in [-0.2, 0) is 17.1 Å². The summed E-state index contributed by atoms with van der Waals surface area (Å²) < 4.78 is 0. The molecule has 2 heteroatoms. The smallest absolute Gasteiger partial charge is 0.875 e. The van der Waals surface area contributed by atoms with E-state index in [0.29, 0.717) is 0 Å². The maximum Gasteiger partial charge on any atom is 2.00 e. The van der Waals surface area contributed by atoms with Crippen LogP contribution in [0.25, 0.3) is 0 Å². The van der Waals surface area contributed by atoms with E-state index < -0.39 is 0 Å². The van der Waals surface area contributed by atoms with Crippen molar-refractivity contribution < 1.29 is 22.2 Å². The van der Waals surface area contributed by atoms with E-state index in [1.54, 1.807) is 0 Å². The Labute approximate surface area is 132 Å². The van der Waals surface area contributed by atoms with Crippen LogP contribution >= 0.6 is 0 Å². The number of hydrogen-bond donors (Lipinski definition) is 0. The molecule has 0 aromatic heterocycles. The normalized spacial score (nSPS) is 19.8. The van der Waals surface area contributed by atoms with Crippen LogP contribution < -0.4 is 5.11 Å². The average Bonchev–Trinajstić information content (AvgIpc) is 3.13. The molecular weight excluding hydrogens is 288 g/mol. The Bertz CT molecular complexity index is 472. The van der Waals surface area contributed by atoms with E-state index in [1.165, 1.54) is 5.57 Å². The van der Waals surface area contributed by atoms with Gasteiger partial charge in [0, 0.05) is 0 Å². The topological polar surface area (TPSA) is 23.1 Å². The molecule has 1 nitrogen and oxygen atoms in total. The molecular formula is C18H20FeO. The average molecular weight is 308 g/mol. The minimum absolute atomic E-state index is 0. The van der Waals surface area contributed by atoms with Crippen molar-refractivity contribution in [3.63, 3.8) is 0 Å². The van der Waals surface area contributed by atoms with E-state index in [-0.39, 0.29) is 28.7 Å². The van der Waals surface area contributed by atoms with E-state index in [4.69, 9.17) is 0 Å². The third-order valence-corrected chi connectivity index (χ3v) is 3.41. The fraction of sp³-hybridized carbons (Fsp3) is 0.278. The minimum atomic E-state index is 0.